The van der Waals surface area contributed by atoms with Crippen molar-refractivity contribution in [3.8, 4) is 5.75 Å². The summed E-state index contributed by atoms with van der Waals surface area (Å²) in [5.41, 5.74) is 1.17. The molecule has 0 atom stereocenters. The number of aromatic nitrogens is 3. The predicted molar refractivity (Wildman–Crippen MR) is 120 cm³/mol. The van der Waals surface area contributed by atoms with E-state index in [1.54, 1.807) is 6.08 Å². The summed E-state index contributed by atoms with van der Waals surface area (Å²) in [6.07, 6.45) is 2.49. The zero-order valence-corrected chi connectivity index (χ0v) is 18.3. The molecule has 0 saturated heterocycles. The number of halogens is 2. The van der Waals surface area contributed by atoms with E-state index in [-0.39, 0.29) is 23.3 Å². The van der Waals surface area contributed by atoms with Crippen LogP contribution in [0.15, 0.2) is 66.3 Å². The van der Waals surface area contributed by atoms with Gasteiger partial charge in [-0.05, 0) is 30.2 Å². The van der Waals surface area contributed by atoms with Gasteiger partial charge in [-0.25, -0.2) is 4.39 Å². The molecule has 0 aliphatic carbocycles. The molecule has 0 fully saturated rings. The van der Waals surface area contributed by atoms with E-state index in [2.05, 4.69) is 22.1 Å². The average Bonchev–Trinajstić information content (AvgIpc) is 3.14. The van der Waals surface area contributed by atoms with Crippen LogP contribution in [0.1, 0.15) is 11.4 Å². The molecule has 31 heavy (non-hydrogen) atoms. The van der Waals surface area contributed by atoms with Crippen molar-refractivity contribution in [2.45, 2.75) is 24.7 Å². The molecule has 0 unspecified atom stereocenters. The second-order valence-corrected chi connectivity index (χ2v) is 7.89. The Morgan fingerprint density at radius 2 is 2.06 bits per heavy atom. The van der Waals surface area contributed by atoms with E-state index in [9.17, 15) is 9.18 Å². The lowest BCUT2D eigenvalue weighted by atomic mass is 10.1. The first kappa shape index (κ1) is 22.8. The number of nitrogens with zero attached hydrogens (tertiary/aromatic N) is 3. The SMILES string of the molecule is C=CCn1c(COc2ccc(F)cc2Cl)nnc1SCC(=O)NCCc1ccccc1. The van der Waals surface area contributed by atoms with Gasteiger partial charge in [0.2, 0.25) is 5.91 Å². The van der Waals surface area contributed by atoms with Gasteiger partial charge in [-0.3, -0.25) is 9.36 Å². The van der Waals surface area contributed by atoms with E-state index in [4.69, 9.17) is 16.3 Å². The molecule has 1 N–H and O–H groups in total. The summed E-state index contributed by atoms with van der Waals surface area (Å²) < 4.78 is 20.6. The first-order valence-corrected chi connectivity index (χ1v) is 11.0. The molecule has 0 saturated carbocycles. The van der Waals surface area contributed by atoms with E-state index in [0.717, 1.165) is 6.42 Å². The van der Waals surface area contributed by atoms with Crippen molar-refractivity contribution in [3.05, 3.63) is 83.4 Å². The minimum Gasteiger partial charge on any atom is -0.484 e. The number of rotatable bonds is 11. The molecule has 0 aliphatic rings. The molecule has 6 nitrogen and oxygen atoms in total. The number of benzene rings is 2. The Balaban J connectivity index is 1.53. The first-order chi connectivity index (χ1) is 15.1. The van der Waals surface area contributed by atoms with Gasteiger partial charge >= 0.3 is 0 Å². The van der Waals surface area contributed by atoms with Gasteiger partial charge in [0.05, 0.1) is 10.8 Å². The highest BCUT2D eigenvalue weighted by atomic mass is 35.5. The van der Waals surface area contributed by atoms with Gasteiger partial charge in [-0.15, -0.1) is 16.8 Å². The van der Waals surface area contributed by atoms with Gasteiger partial charge in [0.1, 0.15) is 18.2 Å². The van der Waals surface area contributed by atoms with Crippen LogP contribution in [0.4, 0.5) is 4.39 Å². The van der Waals surface area contributed by atoms with E-state index in [0.29, 0.717) is 29.8 Å². The Morgan fingerprint density at radius 1 is 1.26 bits per heavy atom. The van der Waals surface area contributed by atoms with Crippen LogP contribution in [0.25, 0.3) is 0 Å². The summed E-state index contributed by atoms with van der Waals surface area (Å²) in [5, 5.41) is 12.0. The molecular formula is C22H22ClFN4O2S. The Bertz CT molecular complexity index is 1030. The Kier molecular flexibility index (Phi) is 8.49. The molecule has 0 bridgehead atoms. The number of hydrogen-bond donors (Lipinski definition) is 1. The van der Waals surface area contributed by atoms with Crippen molar-refractivity contribution in [2.75, 3.05) is 12.3 Å². The standard InChI is InChI=1S/C22H22ClFN4O2S/c1-2-12-28-20(14-30-19-9-8-17(24)13-18(19)23)26-27-22(28)31-15-21(29)25-11-10-16-6-4-3-5-7-16/h2-9,13H,1,10-12,14-15H2,(H,25,29). The number of carbonyl (C=O) groups excluding carboxylic acids is 1. The number of nitrogens with one attached hydrogen (secondary N) is 1. The lowest BCUT2D eigenvalue weighted by molar-refractivity contribution is -0.118. The summed E-state index contributed by atoms with van der Waals surface area (Å²) in [5.74, 6) is 0.600. The van der Waals surface area contributed by atoms with Gasteiger partial charge in [-0.1, -0.05) is 59.8 Å². The molecule has 3 rings (SSSR count). The highest BCUT2D eigenvalue weighted by Crippen LogP contribution is 2.26. The second kappa shape index (κ2) is 11.5. The first-order valence-electron chi connectivity index (χ1n) is 9.61. The molecule has 1 heterocycles. The minimum absolute atomic E-state index is 0.0787. The maximum Gasteiger partial charge on any atom is 0.230 e. The Morgan fingerprint density at radius 3 is 2.81 bits per heavy atom. The van der Waals surface area contributed by atoms with Crippen molar-refractivity contribution in [3.63, 3.8) is 0 Å². The predicted octanol–water partition coefficient (Wildman–Crippen LogP) is 4.29. The third kappa shape index (κ3) is 6.83. The van der Waals surface area contributed by atoms with Crippen LogP contribution >= 0.6 is 23.4 Å². The van der Waals surface area contributed by atoms with Crippen LogP contribution < -0.4 is 10.1 Å². The van der Waals surface area contributed by atoms with Crippen LogP contribution in [0.2, 0.25) is 5.02 Å². The van der Waals surface area contributed by atoms with Gasteiger partial charge in [0.15, 0.2) is 11.0 Å². The largest absolute Gasteiger partial charge is 0.484 e. The summed E-state index contributed by atoms with van der Waals surface area (Å²) in [7, 11) is 0. The average molecular weight is 461 g/mol. The summed E-state index contributed by atoms with van der Waals surface area (Å²) in [6.45, 7) is 4.88. The fraction of sp³-hybridized carbons (Fsp3) is 0.227. The molecule has 2 aromatic carbocycles. The summed E-state index contributed by atoms with van der Waals surface area (Å²) in [6, 6.07) is 13.9. The molecular weight excluding hydrogens is 439 g/mol. The number of ether oxygens (including phenoxy) is 1. The Labute approximate surface area is 189 Å². The number of thioether (sulfide) groups is 1. The maximum atomic E-state index is 13.2. The van der Waals surface area contributed by atoms with Gasteiger partial charge in [0.25, 0.3) is 0 Å². The molecule has 0 aliphatic heterocycles. The van der Waals surface area contributed by atoms with Crippen molar-refractivity contribution in [1.82, 2.24) is 20.1 Å². The van der Waals surface area contributed by atoms with Crippen molar-refractivity contribution < 1.29 is 13.9 Å². The topological polar surface area (TPSA) is 69.0 Å². The molecule has 0 radical (unpaired) electrons. The van der Waals surface area contributed by atoms with E-state index in [1.807, 2.05) is 34.9 Å². The van der Waals surface area contributed by atoms with Gasteiger partial charge in [0, 0.05) is 13.1 Å². The maximum absolute atomic E-state index is 13.2. The molecule has 1 amide bonds. The fourth-order valence-electron chi connectivity index (χ4n) is 2.75. The number of hydrogen-bond acceptors (Lipinski definition) is 5. The number of allylic oxidation sites excluding steroid dienone is 1. The monoisotopic (exact) mass is 460 g/mol. The second-order valence-electron chi connectivity index (χ2n) is 6.54. The summed E-state index contributed by atoms with van der Waals surface area (Å²) in [4.78, 5) is 12.2. The van der Waals surface area contributed by atoms with Crippen molar-refractivity contribution in [1.29, 1.82) is 0 Å². The third-order valence-corrected chi connectivity index (χ3v) is 5.53. The highest BCUT2D eigenvalue weighted by molar-refractivity contribution is 7.99. The molecule has 9 heteroatoms. The quantitative estimate of drug-likeness (QED) is 0.341. The molecule has 0 spiro atoms. The van der Waals surface area contributed by atoms with Crippen molar-refractivity contribution >= 4 is 29.3 Å². The molecule has 162 valence electrons. The number of amides is 1. The van der Waals surface area contributed by atoms with E-state index >= 15 is 0 Å². The summed E-state index contributed by atoms with van der Waals surface area (Å²) >= 11 is 7.28. The van der Waals surface area contributed by atoms with Gasteiger partial charge in [-0.2, -0.15) is 0 Å². The number of carbonyl (C=O) groups is 1. The lowest BCUT2D eigenvalue weighted by Crippen LogP contribution is -2.27. The zero-order valence-electron chi connectivity index (χ0n) is 16.8. The van der Waals surface area contributed by atoms with Crippen LogP contribution in [0, 0.1) is 5.82 Å². The van der Waals surface area contributed by atoms with Crippen LogP contribution in [0.3, 0.4) is 0 Å². The Hall–Kier alpha value is -2.84. The normalized spacial score (nSPS) is 10.6. The molecule has 1 aromatic heterocycles. The van der Waals surface area contributed by atoms with E-state index in [1.165, 1.54) is 35.5 Å². The minimum atomic E-state index is -0.437. The van der Waals surface area contributed by atoms with Crippen LogP contribution in [-0.2, 0) is 24.4 Å². The van der Waals surface area contributed by atoms with Crippen molar-refractivity contribution in [2.24, 2.45) is 0 Å². The molecule has 3 aromatic rings. The zero-order chi connectivity index (χ0) is 22.1. The van der Waals surface area contributed by atoms with Crippen LogP contribution in [-0.4, -0.2) is 33.0 Å². The lowest BCUT2D eigenvalue weighted by Gasteiger charge is -2.10. The highest BCUT2D eigenvalue weighted by Gasteiger charge is 2.15. The van der Waals surface area contributed by atoms with E-state index < -0.39 is 5.82 Å². The fourth-order valence-corrected chi connectivity index (χ4v) is 3.77. The van der Waals surface area contributed by atoms with Crippen LogP contribution in [0.5, 0.6) is 5.75 Å². The smallest absolute Gasteiger partial charge is 0.230 e. The third-order valence-electron chi connectivity index (χ3n) is 4.27. The van der Waals surface area contributed by atoms with Gasteiger partial charge < -0.3 is 10.1 Å².